The van der Waals surface area contributed by atoms with Crippen LogP contribution in [0.15, 0.2) is 42.5 Å². The van der Waals surface area contributed by atoms with E-state index in [-0.39, 0.29) is 17.3 Å². The van der Waals surface area contributed by atoms with Crippen molar-refractivity contribution in [1.29, 1.82) is 0 Å². The molecule has 2 aromatic carbocycles. The van der Waals surface area contributed by atoms with Crippen molar-refractivity contribution in [3.05, 3.63) is 70.8 Å². The quantitative estimate of drug-likeness (QED) is 0.185. The van der Waals surface area contributed by atoms with Gasteiger partial charge >= 0.3 is 0 Å². The zero-order valence-corrected chi connectivity index (χ0v) is 24.7. The molecule has 3 aromatic rings. The number of hydrogen-bond donors (Lipinski definition) is 2. The second-order valence-electron chi connectivity index (χ2n) is 8.88. The molecule has 0 saturated carbocycles. The summed E-state index contributed by atoms with van der Waals surface area (Å²) in [4.78, 5) is 36.7. The molecule has 0 aliphatic rings. The topological polar surface area (TPSA) is 104 Å². The number of anilines is 3. The molecule has 41 heavy (non-hydrogen) atoms. The lowest BCUT2D eigenvalue weighted by Crippen LogP contribution is -2.26. The summed E-state index contributed by atoms with van der Waals surface area (Å²) in [5.74, 6) is -2.31. The Hall–Kier alpha value is -4.18. The molecule has 1 heterocycles. The Morgan fingerprint density at radius 3 is 2.29 bits per heavy atom. The predicted octanol–water partition coefficient (Wildman–Crippen LogP) is 6.33. The Balaban J connectivity index is 0.00000287. The van der Waals surface area contributed by atoms with E-state index >= 15 is 0 Å². The van der Waals surface area contributed by atoms with Crippen molar-refractivity contribution in [3.63, 3.8) is 0 Å². The first-order valence-corrected chi connectivity index (χ1v) is 13.9. The number of hydrogen-bond acceptors (Lipinski definition) is 6. The Labute approximate surface area is 241 Å². The van der Waals surface area contributed by atoms with Crippen LogP contribution >= 0.6 is 0 Å². The van der Waals surface area contributed by atoms with E-state index < -0.39 is 23.2 Å². The third-order valence-electron chi connectivity index (χ3n) is 6.38. The number of nitrogens with two attached hydrogens (primary N) is 1. The molecule has 0 bridgehead atoms. The molecule has 220 valence electrons. The van der Waals surface area contributed by atoms with Crippen LogP contribution in [0.1, 0.15) is 62.5 Å². The maximum atomic E-state index is 14.8. The van der Waals surface area contributed by atoms with E-state index in [1.807, 2.05) is 20.8 Å². The van der Waals surface area contributed by atoms with Gasteiger partial charge < -0.3 is 16.0 Å². The van der Waals surface area contributed by atoms with E-state index in [4.69, 9.17) is 10.7 Å². The number of nitrogens with zero attached hydrogens (tertiary/aromatic N) is 4. The number of allylic oxidation sites excluding steroid dienone is 1. The van der Waals surface area contributed by atoms with Gasteiger partial charge in [-0.25, -0.2) is 13.8 Å². The molecule has 0 fully saturated rings. The Bertz CT molecular complexity index is 1340. The number of carbonyl (C=O) groups excluding carboxylic acids is 2. The van der Waals surface area contributed by atoms with E-state index in [0.29, 0.717) is 29.8 Å². The number of carbonyl (C=O) groups is 2. The van der Waals surface area contributed by atoms with Gasteiger partial charge in [-0.2, -0.15) is 4.98 Å². The van der Waals surface area contributed by atoms with Crippen molar-refractivity contribution in [1.82, 2.24) is 14.9 Å². The number of halogens is 2. The minimum atomic E-state index is -0.922. The number of rotatable bonds is 13. The minimum Gasteiger partial charge on any atom is -0.366 e. The molecule has 8 nitrogen and oxygen atoms in total. The standard InChI is InChI=1S/C29H34F2N6O2.C2H6/c1-5-10-21-25(22-17-20(27(32)39)14-13-19(22)4)34-29(33-15-9-16-36(6-2)7-3)35-28(21)37(18-38)26-23(30)11-8-12-24(26)31;1-2/h5,8,10-14,17-18H,6-7,9,15-16H2,1-4H3,(H2,32,39)(H,33,34,35);1-2H3/b10-5-;. The van der Waals surface area contributed by atoms with Gasteiger partial charge in [-0.15, -0.1) is 0 Å². The fourth-order valence-electron chi connectivity index (χ4n) is 4.25. The smallest absolute Gasteiger partial charge is 0.248 e. The van der Waals surface area contributed by atoms with Gasteiger partial charge in [-0.3, -0.25) is 14.5 Å². The normalized spacial score (nSPS) is 10.9. The first-order valence-electron chi connectivity index (χ1n) is 13.9. The summed E-state index contributed by atoms with van der Waals surface area (Å²) in [6, 6.07) is 8.31. The predicted molar refractivity (Wildman–Crippen MR) is 162 cm³/mol. The second kappa shape index (κ2) is 16.2. The maximum absolute atomic E-state index is 14.8. The van der Waals surface area contributed by atoms with Crippen molar-refractivity contribution in [2.75, 3.05) is 36.4 Å². The molecule has 0 aliphatic carbocycles. The van der Waals surface area contributed by atoms with Gasteiger partial charge in [0.25, 0.3) is 0 Å². The number of nitrogens with one attached hydrogen (secondary N) is 1. The largest absolute Gasteiger partial charge is 0.366 e. The highest BCUT2D eigenvalue weighted by atomic mass is 19.1. The number of para-hydroxylation sites is 1. The van der Waals surface area contributed by atoms with Gasteiger partial charge in [0.1, 0.15) is 17.3 Å². The molecule has 0 saturated heterocycles. The molecule has 0 spiro atoms. The highest BCUT2D eigenvalue weighted by Crippen LogP contribution is 2.37. The second-order valence-corrected chi connectivity index (χ2v) is 8.88. The van der Waals surface area contributed by atoms with Crippen LogP contribution in [0, 0.1) is 18.6 Å². The third-order valence-corrected chi connectivity index (χ3v) is 6.38. The summed E-state index contributed by atoms with van der Waals surface area (Å²) in [7, 11) is 0. The van der Waals surface area contributed by atoms with Crippen molar-refractivity contribution in [3.8, 4) is 11.3 Å². The fraction of sp³-hybridized carbons (Fsp3) is 0.355. The monoisotopic (exact) mass is 566 g/mol. The molecule has 10 heteroatoms. The van der Waals surface area contributed by atoms with Gasteiger partial charge in [0, 0.05) is 23.2 Å². The number of aromatic nitrogens is 2. The average molecular weight is 567 g/mol. The van der Waals surface area contributed by atoms with Crippen LogP contribution in [0.5, 0.6) is 0 Å². The molecule has 0 unspecified atom stereocenters. The first kappa shape index (κ1) is 33.0. The molecule has 3 N–H and O–H groups in total. The summed E-state index contributed by atoms with van der Waals surface area (Å²) >= 11 is 0. The van der Waals surface area contributed by atoms with Crippen molar-refractivity contribution < 1.29 is 18.4 Å². The van der Waals surface area contributed by atoms with Crippen LogP contribution in [-0.4, -0.2) is 53.4 Å². The van der Waals surface area contributed by atoms with Crippen molar-refractivity contribution in [2.24, 2.45) is 5.73 Å². The van der Waals surface area contributed by atoms with E-state index in [9.17, 15) is 18.4 Å². The highest BCUT2D eigenvalue weighted by molar-refractivity contribution is 5.96. The molecular weight excluding hydrogens is 526 g/mol. The lowest BCUT2D eigenvalue weighted by molar-refractivity contribution is -0.106. The molecular formula is C31H40F2N6O2. The third kappa shape index (κ3) is 8.17. The van der Waals surface area contributed by atoms with Gasteiger partial charge in [-0.1, -0.05) is 52.0 Å². The van der Waals surface area contributed by atoms with E-state index in [0.717, 1.165) is 48.7 Å². The van der Waals surface area contributed by atoms with Gasteiger partial charge in [0.15, 0.2) is 5.82 Å². The average Bonchev–Trinajstić information content (AvgIpc) is 2.97. The van der Waals surface area contributed by atoms with Crippen molar-refractivity contribution >= 4 is 35.8 Å². The number of aryl methyl sites for hydroxylation is 1. The lowest BCUT2D eigenvalue weighted by atomic mass is 9.98. The number of primary amides is 1. The first-order chi connectivity index (χ1) is 19.7. The van der Waals surface area contributed by atoms with Crippen LogP contribution in [-0.2, 0) is 4.79 Å². The van der Waals surface area contributed by atoms with Gasteiger partial charge in [-0.05, 0) is 69.7 Å². The zero-order valence-electron chi connectivity index (χ0n) is 24.7. The molecule has 0 atom stereocenters. The molecule has 2 amide bonds. The minimum absolute atomic E-state index is 0.0211. The van der Waals surface area contributed by atoms with Crippen LogP contribution in [0.25, 0.3) is 17.3 Å². The summed E-state index contributed by atoms with van der Waals surface area (Å²) in [6.45, 7) is 15.0. The molecule has 3 rings (SSSR count). The number of benzene rings is 2. The van der Waals surface area contributed by atoms with Crippen LogP contribution in [0.4, 0.5) is 26.2 Å². The summed E-state index contributed by atoms with van der Waals surface area (Å²) in [5, 5.41) is 3.19. The van der Waals surface area contributed by atoms with Crippen molar-refractivity contribution in [2.45, 2.75) is 48.0 Å². The Morgan fingerprint density at radius 1 is 1.07 bits per heavy atom. The lowest BCUT2D eigenvalue weighted by Gasteiger charge is -2.23. The molecule has 1 aromatic heterocycles. The van der Waals surface area contributed by atoms with E-state index in [1.165, 1.54) is 6.07 Å². The van der Waals surface area contributed by atoms with E-state index in [2.05, 4.69) is 29.0 Å². The maximum Gasteiger partial charge on any atom is 0.248 e. The van der Waals surface area contributed by atoms with Gasteiger partial charge in [0.2, 0.25) is 18.3 Å². The number of amides is 2. The Morgan fingerprint density at radius 2 is 1.73 bits per heavy atom. The highest BCUT2D eigenvalue weighted by Gasteiger charge is 2.25. The summed E-state index contributed by atoms with van der Waals surface area (Å²) in [5.41, 5.74) is 7.29. The van der Waals surface area contributed by atoms with Crippen LogP contribution in [0.2, 0.25) is 0 Å². The van der Waals surface area contributed by atoms with E-state index in [1.54, 1.807) is 37.3 Å². The SMILES string of the molecule is C/C=C\c1c(-c2cc(C(N)=O)ccc2C)nc(NCCCN(CC)CC)nc1N(C=O)c1c(F)cccc1F.CC. The summed E-state index contributed by atoms with van der Waals surface area (Å²) < 4.78 is 29.7. The Kier molecular flexibility index (Phi) is 13.0. The zero-order chi connectivity index (χ0) is 30.5. The molecule has 0 radical (unpaired) electrons. The summed E-state index contributed by atoms with van der Waals surface area (Å²) in [6.07, 6.45) is 4.47. The van der Waals surface area contributed by atoms with Crippen LogP contribution in [0.3, 0.4) is 0 Å². The molecule has 0 aliphatic heterocycles. The van der Waals surface area contributed by atoms with Crippen LogP contribution < -0.4 is 16.0 Å². The fourth-order valence-corrected chi connectivity index (χ4v) is 4.25. The van der Waals surface area contributed by atoms with Gasteiger partial charge in [0.05, 0.1) is 5.69 Å².